The molecule has 0 bridgehead atoms. The van der Waals surface area contributed by atoms with Crippen molar-refractivity contribution < 1.29 is 4.39 Å². The quantitative estimate of drug-likeness (QED) is 0.845. The van der Waals surface area contributed by atoms with Crippen LogP contribution in [0.1, 0.15) is 12.5 Å². The minimum absolute atomic E-state index is 0.241. The van der Waals surface area contributed by atoms with Gasteiger partial charge in [-0.2, -0.15) is 0 Å². The van der Waals surface area contributed by atoms with Crippen LogP contribution in [0.15, 0.2) is 36.4 Å². The lowest BCUT2D eigenvalue weighted by atomic mass is 10.0. The molecule has 19 heavy (non-hydrogen) atoms. The SMILES string of the molecule is CCNCc1ccc(-c2cccc(Cl)c2Cl)cc1F. The van der Waals surface area contributed by atoms with E-state index < -0.39 is 0 Å². The number of rotatable bonds is 4. The van der Waals surface area contributed by atoms with Crippen LogP contribution in [0.4, 0.5) is 4.39 Å². The summed E-state index contributed by atoms with van der Waals surface area (Å²) in [6.45, 7) is 3.31. The Kier molecular flexibility index (Phi) is 4.81. The Morgan fingerprint density at radius 3 is 2.63 bits per heavy atom. The minimum atomic E-state index is -0.241. The zero-order valence-corrected chi connectivity index (χ0v) is 12.0. The van der Waals surface area contributed by atoms with Crippen molar-refractivity contribution in [2.24, 2.45) is 0 Å². The van der Waals surface area contributed by atoms with Gasteiger partial charge in [-0.3, -0.25) is 0 Å². The van der Waals surface area contributed by atoms with E-state index in [4.69, 9.17) is 23.2 Å². The van der Waals surface area contributed by atoms with Gasteiger partial charge in [0.2, 0.25) is 0 Å². The molecule has 1 N–H and O–H groups in total. The summed E-state index contributed by atoms with van der Waals surface area (Å²) in [5, 5.41) is 4.01. The van der Waals surface area contributed by atoms with Gasteiger partial charge in [-0.15, -0.1) is 0 Å². The average Bonchev–Trinajstić information content (AvgIpc) is 2.40. The minimum Gasteiger partial charge on any atom is -0.313 e. The number of benzene rings is 2. The van der Waals surface area contributed by atoms with Gasteiger partial charge < -0.3 is 5.32 Å². The monoisotopic (exact) mass is 297 g/mol. The summed E-state index contributed by atoms with van der Waals surface area (Å²) in [5.74, 6) is -0.241. The second-order valence-corrected chi connectivity index (χ2v) is 4.97. The Morgan fingerprint density at radius 2 is 1.95 bits per heavy atom. The van der Waals surface area contributed by atoms with Crippen LogP contribution >= 0.6 is 23.2 Å². The van der Waals surface area contributed by atoms with Gasteiger partial charge in [0.1, 0.15) is 5.82 Å². The maximum absolute atomic E-state index is 14.0. The van der Waals surface area contributed by atoms with Crippen LogP contribution in [0.5, 0.6) is 0 Å². The van der Waals surface area contributed by atoms with Gasteiger partial charge in [-0.25, -0.2) is 4.39 Å². The van der Waals surface area contributed by atoms with Gasteiger partial charge in [-0.05, 0) is 24.2 Å². The molecule has 0 aliphatic heterocycles. The number of nitrogens with one attached hydrogen (secondary N) is 1. The lowest BCUT2D eigenvalue weighted by Crippen LogP contribution is -2.12. The Labute approximate surface area is 122 Å². The van der Waals surface area contributed by atoms with E-state index in [1.807, 2.05) is 19.1 Å². The molecular formula is C15H14Cl2FN. The predicted octanol–water partition coefficient (Wildman–Crippen LogP) is 4.91. The highest BCUT2D eigenvalue weighted by Gasteiger charge is 2.09. The summed E-state index contributed by atoms with van der Waals surface area (Å²) in [5.41, 5.74) is 2.11. The summed E-state index contributed by atoms with van der Waals surface area (Å²) in [6.07, 6.45) is 0. The van der Waals surface area contributed by atoms with Crippen LogP contribution in [-0.2, 0) is 6.54 Å². The summed E-state index contributed by atoms with van der Waals surface area (Å²) < 4.78 is 14.0. The molecule has 2 aromatic rings. The molecule has 0 saturated heterocycles. The fourth-order valence-corrected chi connectivity index (χ4v) is 2.25. The van der Waals surface area contributed by atoms with Crippen LogP contribution in [0, 0.1) is 5.82 Å². The summed E-state index contributed by atoms with van der Waals surface area (Å²) in [4.78, 5) is 0. The smallest absolute Gasteiger partial charge is 0.128 e. The summed E-state index contributed by atoms with van der Waals surface area (Å²) in [7, 11) is 0. The third-order valence-electron chi connectivity index (χ3n) is 2.88. The average molecular weight is 298 g/mol. The fourth-order valence-electron chi connectivity index (χ4n) is 1.84. The van der Waals surface area contributed by atoms with Crippen molar-refractivity contribution in [1.29, 1.82) is 0 Å². The van der Waals surface area contributed by atoms with E-state index in [2.05, 4.69) is 5.32 Å². The first kappa shape index (κ1) is 14.3. The zero-order valence-electron chi connectivity index (χ0n) is 10.5. The van der Waals surface area contributed by atoms with Crippen molar-refractivity contribution in [2.45, 2.75) is 13.5 Å². The Hall–Kier alpha value is -1.09. The van der Waals surface area contributed by atoms with Crippen LogP contribution in [0.3, 0.4) is 0 Å². The van der Waals surface area contributed by atoms with E-state index in [1.54, 1.807) is 18.2 Å². The highest BCUT2D eigenvalue weighted by Crippen LogP contribution is 2.33. The van der Waals surface area contributed by atoms with Crippen molar-refractivity contribution >= 4 is 23.2 Å². The Bertz CT molecular complexity index is 584. The van der Waals surface area contributed by atoms with Crippen molar-refractivity contribution in [3.8, 4) is 11.1 Å². The van der Waals surface area contributed by atoms with Crippen molar-refractivity contribution in [3.05, 3.63) is 57.8 Å². The topological polar surface area (TPSA) is 12.0 Å². The van der Waals surface area contributed by atoms with Crippen LogP contribution in [0.2, 0.25) is 10.0 Å². The zero-order chi connectivity index (χ0) is 13.8. The highest BCUT2D eigenvalue weighted by molar-refractivity contribution is 6.43. The molecule has 2 aromatic carbocycles. The van der Waals surface area contributed by atoms with E-state index in [0.29, 0.717) is 22.2 Å². The third kappa shape index (κ3) is 3.27. The molecule has 4 heteroatoms. The molecule has 0 radical (unpaired) electrons. The lowest BCUT2D eigenvalue weighted by Gasteiger charge is -2.09. The number of hydrogen-bond donors (Lipinski definition) is 1. The first-order valence-electron chi connectivity index (χ1n) is 6.07. The van der Waals surface area contributed by atoms with E-state index in [9.17, 15) is 4.39 Å². The van der Waals surface area contributed by atoms with Crippen molar-refractivity contribution in [1.82, 2.24) is 5.32 Å². The first-order valence-corrected chi connectivity index (χ1v) is 6.82. The summed E-state index contributed by atoms with van der Waals surface area (Å²) >= 11 is 12.1. The van der Waals surface area contributed by atoms with E-state index in [0.717, 1.165) is 17.7 Å². The second-order valence-electron chi connectivity index (χ2n) is 4.19. The molecule has 1 nitrogen and oxygen atoms in total. The van der Waals surface area contributed by atoms with Gasteiger partial charge in [0.25, 0.3) is 0 Å². The largest absolute Gasteiger partial charge is 0.313 e. The van der Waals surface area contributed by atoms with Crippen LogP contribution < -0.4 is 5.32 Å². The van der Waals surface area contributed by atoms with Crippen molar-refractivity contribution in [2.75, 3.05) is 6.54 Å². The van der Waals surface area contributed by atoms with Gasteiger partial charge in [0.15, 0.2) is 0 Å². The number of hydrogen-bond acceptors (Lipinski definition) is 1. The van der Waals surface area contributed by atoms with Crippen LogP contribution in [-0.4, -0.2) is 6.54 Å². The highest BCUT2D eigenvalue weighted by atomic mass is 35.5. The summed E-state index contributed by atoms with van der Waals surface area (Å²) in [6, 6.07) is 10.5. The van der Waals surface area contributed by atoms with Gasteiger partial charge >= 0.3 is 0 Å². The lowest BCUT2D eigenvalue weighted by molar-refractivity contribution is 0.594. The van der Waals surface area contributed by atoms with Gasteiger partial charge in [-0.1, -0.05) is 54.4 Å². The molecule has 0 aliphatic rings. The molecule has 0 saturated carbocycles. The first-order chi connectivity index (χ1) is 9.13. The van der Waals surface area contributed by atoms with Gasteiger partial charge in [0, 0.05) is 17.7 Å². The maximum atomic E-state index is 14.0. The van der Waals surface area contributed by atoms with Gasteiger partial charge in [0.05, 0.1) is 10.0 Å². The molecule has 0 amide bonds. The maximum Gasteiger partial charge on any atom is 0.128 e. The third-order valence-corrected chi connectivity index (χ3v) is 3.70. The van der Waals surface area contributed by atoms with Crippen LogP contribution in [0.25, 0.3) is 11.1 Å². The molecule has 2 rings (SSSR count). The molecule has 0 aromatic heterocycles. The number of halogens is 3. The Morgan fingerprint density at radius 1 is 1.16 bits per heavy atom. The van der Waals surface area contributed by atoms with E-state index in [-0.39, 0.29) is 5.82 Å². The molecule has 0 spiro atoms. The predicted molar refractivity (Wildman–Crippen MR) is 79.2 cm³/mol. The second kappa shape index (κ2) is 6.38. The normalized spacial score (nSPS) is 10.7. The molecule has 0 atom stereocenters. The molecule has 0 unspecified atom stereocenters. The molecule has 100 valence electrons. The van der Waals surface area contributed by atoms with Crippen molar-refractivity contribution in [3.63, 3.8) is 0 Å². The molecule has 0 heterocycles. The van der Waals surface area contributed by atoms with E-state index in [1.165, 1.54) is 6.07 Å². The fraction of sp³-hybridized carbons (Fsp3) is 0.200. The molecule has 0 aliphatic carbocycles. The van der Waals surface area contributed by atoms with E-state index >= 15 is 0 Å². The Balaban J connectivity index is 2.36. The standard InChI is InChI=1S/C15H14Cl2FN/c1-2-19-9-11-7-6-10(8-14(11)18)12-4-3-5-13(16)15(12)17/h3-8,19H,2,9H2,1H3. The molecule has 0 fully saturated rings. The molecular weight excluding hydrogens is 284 g/mol.